The Kier molecular flexibility index (Phi) is 4.54. The number of amides is 1. The van der Waals surface area contributed by atoms with Gasteiger partial charge in [-0.1, -0.05) is 0 Å². The first-order chi connectivity index (χ1) is 12.1. The van der Waals surface area contributed by atoms with Gasteiger partial charge >= 0.3 is 0 Å². The third-order valence-electron chi connectivity index (χ3n) is 5.21. The highest BCUT2D eigenvalue weighted by Crippen LogP contribution is 2.41. The van der Waals surface area contributed by atoms with Crippen LogP contribution in [0.4, 0.5) is 0 Å². The smallest absolute Gasteiger partial charge is 0.252 e. The molecule has 1 N–H and O–H groups in total. The van der Waals surface area contributed by atoms with Crippen molar-refractivity contribution in [1.82, 2.24) is 20.4 Å². The summed E-state index contributed by atoms with van der Waals surface area (Å²) in [5, 5.41) is 10.6. The van der Waals surface area contributed by atoms with Gasteiger partial charge in [-0.15, -0.1) is 11.3 Å². The maximum Gasteiger partial charge on any atom is 0.252 e. The number of nitrogens with zero attached hydrogens (tertiary/aromatic N) is 3. The van der Waals surface area contributed by atoms with E-state index >= 15 is 0 Å². The molecule has 0 unspecified atom stereocenters. The number of aryl methyl sites for hydroxylation is 1. The molecule has 0 radical (unpaired) electrons. The van der Waals surface area contributed by atoms with Gasteiger partial charge < -0.3 is 10.1 Å². The van der Waals surface area contributed by atoms with Crippen LogP contribution < -0.4 is 5.32 Å². The summed E-state index contributed by atoms with van der Waals surface area (Å²) in [5.41, 5.74) is 0.563. The molecule has 0 spiro atoms. The number of thiophene rings is 1. The number of rotatable bonds is 5. The molecule has 4 heterocycles. The number of ether oxygens (including phenoxy) is 1. The summed E-state index contributed by atoms with van der Waals surface area (Å²) < 4.78 is 5.76. The Morgan fingerprint density at radius 2 is 2.36 bits per heavy atom. The van der Waals surface area contributed by atoms with Gasteiger partial charge in [0.25, 0.3) is 5.91 Å². The quantitative estimate of drug-likeness (QED) is 0.882. The molecule has 2 saturated heterocycles. The Bertz CT molecular complexity index is 751. The van der Waals surface area contributed by atoms with E-state index in [4.69, 9.17) is 4.74 Å². The molecule has 0 bridgehead atoms. The molecular formula is C18H22N4O2S. The maximum absolute atomic E-state index is 12.3. The molecule has 0 aliphatic carbocycles. The van der Waals surface area contributed by atoms with Gasteiger partial charge in [0.05, 0.1) is 31.2 Å². The third-order valence-corrected chi connectivity index (χ3v) is 6.20. The second-order valence-electron chi connectivity index (χ2n) is 7.07. The molecule has 132 valence electrons. The van der Waals surface area contributed by atoms with E-state index in [2.05, 4.69) is 39.5 Å². The summed E-state index contributed by atoms with van der Waals surface area (Å²) >= 11 is 1.86. The van der Waals surface area contributed by atoms with Crippen LogP contribution in [-0.2, 0) is 11.3 Å². The molecule has 2 aromatic heterocycles. The predicted octanol–water partition coefficient (Wildman–Crippen LogP) is 1.72. The molecule has 0 saturated carbocycles. The van der Waals surface area contributed by atoms with Crippen molar-refractivity contribution in [3.8, 4) is 0 Å². The van der Waals surface area contributed by atoms with Crippen LogP contribution >= 0.6 is 11.3 Å². The highest BCUT2D eigenvalue weighted by molar-refractivity contribution is 7.11. The van der Waals surface area contributed by atoms with Crippen molar-refractivity contribution in [1.29, 1.82) is 0 Å². The molecule has 7 heteroatoms. The van der Waals surface area contributed by atoms with Gasteiger partial charge in [0, 0.05) is 47.3 Å². The number of fused-ring (bicyclic) bond motifs is 1. The van der Waals surface area contributed by atoms with Gasteiger partial charge in [-0.25, -0.2) is 0 Å². The second-order valence-corrected chi connectivity index (χ2v) is 8.44. The zero-order chi connectivity index (χ0) is 17.3. The Labute approximate surface area is 151 Å². The lowest BCUT2D eigenvalue weighted by Gasteiger charge is -2.27. The summed E-state index contributed by atoms with van der Waals surface area (Å²) in [5.74, 6) is 0.381. The normalized spacial score (nSPS) is 25.9. The molecule has 2 aromatic rings. The lowest BCUT2D eigenvalue weighted by Crippen LogP contribution is -2.43. The Balaban J connectivity index is 1.40. The summed E-state index contributed by atoms with van der Waals surface area (Å²) in [7, 11) is 0. The number of carbonyl (C=O) groups excluding carboxylic acids is 1. The molecule has 6 nitrogen and oxygen atoms in total. The number of hydrogen-bond acceptors (Lipinski definition) is 6. The topological polar surface area (TPSA) is 67.3 Å². The van der Waals surface area contributed by atoms with Crippen LogP contribution in [0.2, 0.25) is 0 Å². The average molecular weight is 358 g/mol. The lowest BCUT2D eigenvalue weighted by atomic mass is 9.81. The average Bonchev–Trinajstić information content (AvgIpc) is 3.28. The molecule has 2 aliphatic rings. The van der Waals surface area contributed by atoms with Crippen molar-refractivity contribution >= 4 is 17.2 Å². The summed E-state index contributed by atoms with van der Waals surface area (Å²) in [4.78, 5) is 17.6. The first-order valence-electron chi connectivity index (χ1n) is 8.55. The van der Waals surface area contributed by atoms with Crippen LogP contribution in [0.25, 0.3) is 0 Å². The minimum absolute atomic E-state index is 0.0163. The summed E-state index contributed by atoms with van der Waals surface area (Å²) in [6.07, 6.45) is 3.03. The monoisotopic (exact) mass is 358 g/mol. The minimum atomic E-state index is -0.0951. The van der Waals surface area contributed by atoms with Gasteiger partial charge in [0.2, 0.25) is 0 Å². The van der Waals surface area contributed by atoms with E-state index in [1.54, 1.807) is 6.07 Å². The van der Waals surface area contributed by atoms with E-state index in [1.807, 2.05) is 11.3 Å². The highest BCUT2D eigenvalue weighted by atomic mass is 32.1. The van der Waals surface area contributed by atoms with Crippen LogP contribution in [0.3, 0.4) is 0 Å². The van der Waals surface area contributed by atoms with Crippen molar-refractivity contribution in [2.75, 3.05) is 32.8 Å². The molecule has 4 rings (SSSR count). The first-order valence-corrected chi connectivity index (χ1v) is 9.37. The number of nitrogens with one attached hydrogen (secondary N) is 1. The highest BCUT2D eigenvalue weighted by Gasteiger charge is 2.50. The Morgan fingerprint density at radius 3 is 3.12 bits per heavy atom. The van der Waals surface area contributed by atoms with Crippen LogP contribution in [0.1, 0.15) is 20.1 Å². The van der Waals surface area contributed by atoms with Crippen molar-refractivity contribution in [2.45, 2.75) is 13.5 Å². The minimum Gasteiger partial charge on any atom is -0.380 e. The number of likely N-dealkylation sites (tertiary alicyclic amines) is 1. The van der Waals surface area contributed by atoms with Gasteiger partial charge in [0.15, 0.2) is 0 Å². The van der Waals surface area contributed by atoms with Gasteiger partial charge in [0.1, 0.15) is 0 Å². The summed E-state index contributed by atoms with van der Waals surface area (Å²) in [6.45, 7) is 7.26. The van der Waals surface area contributed by atoms with Crippen LogP contribution in [0, 0.1) is 18.3 Å². The number of carbonyl (C=O) groups is 1. The van der Waals surface area contributed by atoms with Gasteiger partial charge in [-0.05, 0) is 25.1 Å². The predicted molar refractivity (Wildman–Crippen MR) is 95.4 cm³/mol. The van der Waals surface area contributed by atoms with E-state index in [-0.39, 0.29) is 11.3 Å². The molecule has 2 fully saturated rings. The maximum atomic E-state index is 12.3. The number of hydrogen-bond donors (Lipinski definition) is 1. The third kappa shape index (κ3) is 3.44. The van der Waals surface area contributed by atoms with Crippen LogP contribution in [-0.4, -0.2) is 53.9 Å². The summed E-state index contributed by atoms with van der Waals surface area (Å²) in [6, 6.07) is 6.08. The van der Waals surface area contributed by atoms with Crippen molar-refractivity contribution < 1.29 is 9.53 Å². The first kappa shape index (κ1) is 16.6. The molecule has 25 heavy (non-hydrogen) atoms. The molecule has 1 amide bonds. The number of aromatic nitrogens is 2. The largest absolute Gasteiger partial charge is 0.380 e. The van der Waals surface area contributed by atoms with E-state index < -0.39 is 0 Å². The Hall–Kier alpha value is -1.83. The second kappa shape index (κ2) is 6.82. The van der Waals surface area contributed by atoms with E-state index in [0.717, 1.165) is 26.2 Å². The van der Waals surface area contributed by atoms with Crippen molar-refractivity contribution in [2.24, 2.45) is 11.3 Å². The van der Waals surface area contributed by atoms with E-state index in [0.29, 0.717) is 24.6 Å². The zero-order valence-electron chi connectivity index (χ0n) is 14.3. The van der Waals surface area contributed by atoms with E-state index in [9.17, 15) is 4.79 Å². The van der Waals surface area contributed by atoms with Crippen molar-refractivity contribution in [3.05, 3.63) is 45.9 Å². The fraction of sp³-hybridized carbons (Fsp3) is 0.500. The fourth-order valence-electron chi connectivity index (χ4n) is 3.89. The molecule has 2 atom stereocenters. The van der Waals surface area contributed by atoms with Gasteiger partial charge in [-0.2, -0.15) is 10.2 Å². The zero-order valence-corrected chi connectivity index (χ0v) is 15.1. The van der Waals surface area contributed by atoms with Gasteiger partial charge in [-0.3, -0.25) is 9.69 Å². The van der Waals surface area contributed by atoms with E-state index in [1.165, 1.54) is 22.1 Å². The molecular weight excluding hydrogens is 336 g/mol. The molecule has 0 aromatic carbocycles. The standard InChI is InChI=1S/C18H22N4O2S/c1-13-2-3-16(25-13)8-22-7-15-9-24-12-18(15,11-22)10-19-17(23)14-4-5-20-21-6-14/h2-6,15H,7-12H2,1H3,(H,19,23)/t15-,18+/m1/s1. The van der Waals surface area contributed by atoms with Crippen LogP contribution in [0.15, 0.2) is 30.6 Å². The lowest BCUT2D eigenvalue weighted by molar-refractivity contribution is 0.0904. The van der Waals surface area contributed by atoms with Crippen LogP contribution in [0.5, 0.6) is 0 Å². The molecule has 2 aliphatic heterocycles. The van der Waals surface area contributed by atoms with Crippen molar-refractivity contribution in [3.63, 3.8) is 0 Å². The SMILES string of the molecule is Cc1ccc(CN2C[C@@H]3COC[C@]3(CNC(=O)c3ccnnc3)C2)s1. The fourth-order valence-corrected chi connectivity index (χ4v) is 4.82. The Morgan fingerprint density at radius 1 is 1.44 bits per heavy atom.